The van der Waals surface area contributed by atoms with E-state index >= 15 is 0 Å². The maximum atomic E-state index is 12.1. The van der Waals surface area contributed by atoms with E-state index in [0.717, 1.165) is 2.88 Å². The topological polar surface area (TPSA) is 66.5 Å². The molecule has 1 aliphatic heterocycles. The van der Waals surface area contributed by atoms with Gasteiger partial charge in [0.1, 0.15) is 12.6 Å². The number of piperazine rings is 1. The van der Waals surface area contributed by atoms with Crippen LogP contribution in [-0.2, 0) is 9.59 Å². The number of halogens is 1. The molecule has 0 saturated carbocycles. The number of hydrogen-bond acceptors (Lipinski definition) is 4. The number of carbonyl (C=O) groups is 3. The zero-order valence-electron chi connectivity index (χ0n) is 8.90. The van der Waals surface area contributed by atoms with Gasteiger partial charge in [0.25, 0.3) is 5.91 Å². The number of carbonyl (C=O) groups excluding carboxylic acids is 3. The highest BCUT2D eigenvalue weighted by Crippen LogP contribution is 2.19. The van der Waals surface area contributed by atoms with E-state index in [9.17, 15) is 14.4 Å². The molecule has 2 rings (SSSR count). The van der Waals surface area contributed by atoms with E-state index in [1.807, 2.05) is 0 Å². The third kappa shape index (κ3) is 2.49. The van der Waals surface area contributed by atoms with Gasteiger partial charge in [-0.25, -0.2) is 0 Å². The molecule has 1 saturated heterocycles. The van der Waals surface area contributed by atoms with E-state index in [2.05, 4.69) is 27.9 Å². The molecule has 1 aromatic rings. The molecule has 17 heavy (non-hydrogen) atoms. The summed E-state index contributed by atoms with van der Waals surface area (Å²) in [5.74, 6) is -1.15. The van der Waals surface area contributed by atoms with Crippen LogP contribution >= 0.6 is 33.9 Å². The second-order valence-corrected chi connectivity index (χ2v) is 6.47. The molecule has 1 atom stereocenters. The van der Waals surface area contributed by atoms with Crippen LogP contribution in [-0.4, -0.2) is 35.2 Å². The molecule has 0 radical (unpaired) electrons. The van der Waals surface area contributed by atoms with Crippen LogP contribution in [0.15, 0.2) is 11.4 Å². The van der Waals surface area contributed by atoms with Gasteiger partial charge in [-0.1, -0.05) is 0 Å². The second kappa shape index (κ2) is 4.73. The highest BCUT2D eigenvalue weighted by Gasteiger charge is 2.34. The lowest BCUT2D eigenvalue weighted by molar-refractivity contribution is -0.138. The molecule has 1 aliphatic rings. The summed E-state index contributed by atoms with van der Waals surface area (Å²) in [6.45, 7) is 1.54. The Morgan fingerprint density at radius 1 is 1.59 bits per heavy atom. The number of amides is 3. The molecular weight excluding hydrogens is 355 g/mol. The van der Waals surface area contributed by atoms with Crippen molar-refractivity contribution in [2.24, 2.45) is 0 Å². The lowest BCUT2D eigenvalue weighted by Crippen LogP contribution is -2.58. The molecule has 2 heterocycles. The molecule has 0 aromatic carbocycles. The molecule has 0 bridgehead atoms. The Morgan fingerprint density at radius 3 is 2.88 bits per heavy atom. The van der Waals surface area contributed by atoms with Gasteiger partial charge in [-0.05, 0) is 35.6 Å². The zero-order chi connectivity index (χ0) is 12.6. The normalized spacial score (nSPS) is 20.4. The maximum absolute atomic E-state index is 12.1. The number of hydrogen-bond donors (Lipinski definition) is 1. The van der Waals surface area contributed by atoms with Crippen molar-refractivity contribution in [2.45, 2.75) is 13.0 Å². The van der Waals surface area contributed by atoms with E-state index in [0.29, 0.717) is 5.56 Å². The molecule has 3 amide bonds. The molecule has 0 aliphatic carbocycles. The van der Waals surface area contributed by atoms with Crippen LogP contribution in [0.3, 0.4) is 0 Å². The monoisotopic (exact) mass is 364 g/mol. The quantitative estimate of drug-likeness (QED) is 0.593. The van der Waals surface area contributed by atoms with E-state index in [1.54, 1.807) is 18.4 Å². The number of nitrogens with one attached hydrogen (secondary N) is 1. The predicted molar refractivity (Wildman–Crippen MR) is 70.7 cm³/mol. The molecule has 0 spiro atoms. The Morgan fingerprint density at radius 2 is 2.29 bits per heavy atom. The third-order valence-corrected chi connectivity index (χ3v) is 4.29. The first kappa shape index (κ1) is 12.5. The standard InChI is InChI=1S/C10H9IN2O3S/c1-5-9(15)12-8(14)3-13(5)10(16)6-2-7(11)17-4-6/h2,4-5H,3H2,1H3,(H,12,14,15). The van der Waals surface area contributed by atoms with Gasteiger partial charge in [0.05, 0.1) is 8.45 Å². The Kier molecular flexibility index (Phi) is 3.48. The molecule has 90 valence electrons. The minimum absolute atomic E-state index is 0.0713. The number of nitrogens with zero attached hydrogens (tertiary/aromatic N) is 1. The van der Waals surface area contributed by atoms with Crippen LogP contribution in [0.2, 0.25) is 0 Å². The van der Waals surface area contributed by atoms with Crippen LogP contribution in [0.1, 0.15) is 17.3 Å². The summed E-state index contributed by atoms with van der Waals surface area (Å²) in [6, 6.07) is 1.13. The predicted octanol–water partition coefficient (Wildman–Crippen LogP) is 0.840. The average Bonchev–Trinajstić information content (AvgIpc) is 2.69. The fourth-order valence-corrected chi connectivity index (χ4v) is 2.87. The van der Waals surface area contributed by atoms with Crippen molar-refractivity contribution in [3.63, 3.8) is 0 Å². The van der Waals surface area contributed by atoms with Gasteiger partial charge in [0, 0.05) is 5.38 Å². The third-order valence-electron chi connectivity index (χ3n) is 2.50. The van der Waals surface area contributed by atoms with Crippen molar-refractivity contribution in [1.82, 2.24) is 10.2 Å². The molecule has 1 fully saturated rings. The highest BCUT2D eigenvalue weighted by atomic mass is 127. The van der Waals surface area contributed by atoms with Crippen molar-refractivity contribution in [3.8, 4) is 0 Å². The van der Waals surface area contributed by atoms with E-state index in [-0.39, 0.29) is 12.5 Å². The summed E-state index contributed by atoms with van der Waals surface area (Å²) in [6.07, 6.45) is 0. The lowest BCUT2D eigenvalue weighted by atomic mass is 10.1. The summed E-state index contributed by atoms with van der Waals surface area (Å²) in [4.78, 5) is 36.1. The van der Waals surface area contributed by atoms with Crippen LogP contribution in [0, 0.1) is 2.88 Å². The number of imide groups is 1. The van der Waals surface area contributed by atoms with E-state index in [1.165, 1.54) is 16.2 Å². The van der Waals surface area contributed by atoms with Crippen molar-refractivity contribution >= 4 is 51.6 Å². The molecule has 1 aromatic heterocycles. The highest BCUT2D eigenvalue weighted by molar-refractivity contribution is 14.1. The Bertz CT molecular complexity index is 499. The van der Waals surface area contributed by atoms with E-state index < -0.39 is 17.9 Å². The lowest BCUT2D eigenvalue weighted by Gasteiger charge is -2.31. The summed E-state index contributed by atoms with van der Waals surface area (Å²) in [7, 11) is 0. The Labute approximate surface area is 115 Å². The first-order chi connectivity index (χ1) is 7.99. The average molecular weight is 364 g/mol. The minimum atomic E-state index is -0.613. The van der Waals surface area contributed by atoms with Gasteiger partial charge in [0.2, 0.25) is 11.8 Å². The summed E-state index contributed by atoms with van der Waals surface area (Å²) in [5, 5.41) is 3.93. The van der Waals surface area contributed by atoms with E-state index in [4.69, 9.17) is 0 Å². The molecule has 1 unspecified atom stereocenters. The van der Waals surface area contributed by atoms with Crippen molar-refractivity contribution < 1.29 is 14.4 Å². The van der Waals surface area contributed by atoms with Crippen LogP contribution in [0.5, 0.6) is 0 Å². The maximum Gasteiger partial charge on any atom is 0.255 e. The fourth-order valence-electron chi connectivity index (χ4n) is 1.55. The smallest absolute Gasteiger partial charge is 0.255 e. The number of rotatable bonds is 1. The molecular formula is C10H9IN2O3S. The largest absolute Gasteiger partial charge is 0.318 e. The first-order valence-corrected chi connectivity index (χ1v) is 6.83. The van der Waals surface area contributed by atoms with Crippen LogP contribution in [0.4, 0.5) is 0 Å². The van der Waals surface area contributed by atoms with Gasteiger partial charge in [-0.3, -0.25) is 19.7 Å². The summed E-state index contributed by atoms with van der Waals surface area (Å²) in [5.41, 5.74) is 0.522. The van der Waals surface area contributed by atoms with Crippen LogP contribution < -0.4 is 5.32 Å². The molecule has 1 N–H and O–H groups in total. The second-order valence-electron chi connectivity index (χ2n) is 3.66. The minimum Gasteiger partial charge on any atom is -0.318 e. The Hall–Kier alpha value is -0.960. The number of thiophene rings is 1. The summed E-state index contributed by atoms with van der Waals surface area (Å²) >= 11 is 3.57. The van der Waals surface area contributed by atoms with Gasteiger partial charge in [-0.2, -0.15) is 0 Å². The van der Waals surface area contributed by atoms with Gasteiger partial charge in [0.15, 0.2) is 0 Å². The molecule has 7 heteroatoms. The van der Waals surface area contributed by atoms with Gasteiger partial charge < -0.3 is 4.90 Å². The summed E-state index contributed by atoms with van der Waals surface area (Å²) < 4.78 is 0.992. The van der Waals surface area contributed by atoms with Crippen LogP contribution in [0.25, 0.3) is 0 Å². The SMILES string of the molecule is CC1C(=O)NC(=O)CN1C(=O)c1csc(I)c1. The zero-order valence-corrected chi connectivity index (χ0v) is 11.9. The van der Waals surface area contributed by atoms with Crippen molar-refractivity contribution in [1.29, 1.82) is 0 Å². The van der Waals surface area contributed by atoms with Crippen molar-refractivity contribution in [3.05, 3.63) is 19.9 Å². The fraction of sp³-hybridized carbons (Fsp3) is 0.300. The van der Waals surface area contributed by atoms with Gasteiger partial charge >= 0.3 is 0 Å². The van der Waals surface area contributed by atoms with Gasteiger partial charge in [-0.15, -0.1) is 11.3 Å². The Balaban J connectivity index is 2.24. The van der Waals surface area contributed by atoms with Crippen molar-refractivity contribution in [2.75, 3.05) is 6.54 Å². The molecule has 5 nitrogen and oxygen atoms in total. The first-order valence-electron chi connectivity index (χ1n) is 4.87.